The highest BCUT2D eigenvalue weighted by Gasteiger charge is 2.27. The van der Waals surface area contributed by atoms with Crippen molar-refractivity contribution in [3.8, 4) is 0 Å². The summed E-state index contributed by atoms with van der Waals surface area (Å²) in [4.78, 5) is 6.22. The van der Waals surface area contributed by atoms with Crippen LogP contribution in [0.25, 0.3) is 0 Å². The molecule has 0 atom stereocenters. The second-order valence-electron chi connectivity index (χ2n) is 6.80. The molecule has 0 unspecified atom stereocenters. The molecule has 4 nitrogen and oxygen atoms in total. The Labute approximate surface area is 165 Å². The van der Waals surface area contributed by atoms with E-state index in [0.29, 0.717) is 5.88 Å². The molecular weight excluding hydrogens is 372 g/mol. The molecule has 2 aliphatic heterocycles. The van der Waals surface area contributed by atoms with Crippen molar-refractivity contribution in [3.63, 3.8) is 0 Å². The molecule has 0 aromatic heterocycles. The largest absolute Gasteiger partial charge is 0.396 e. The van der Waals surface area contributed by atoms with Crippen molar-refractivity contribution in [2.24, 2.45) is 11.5 Å². The van der Waals surface area contributed by atoms with E-state index in [2.05, 4.69) is 15.9 Å². The summed E-state index contributed by atoms with van der Waals surface area (Å²) in [6, 6.07) is 0.798. The van der Waals surface area contributed by atoms with Gasteiger partial charge in [0.25, 0.3) is 0 Å². The molecule has 2 fully saturated rings. The minimum Gasteiger partial charge on any atom is -0.396 e. The van der Waals surface area contributed by atoms with Crippen molar-refractivity contribution in [1.82, 2.24) is 9.80 Å². The van der Waals surface area contributed by atoms with Gasteiger partial charge in [0.15, 0.2) is 0 Å². The van der Waals surface area contributed by atoms with E-state index in [0.717, 1.165) is 59.3 Å². The number of hydrogen-bond acceptors (Lipinski definition) is 6. The van der Waals surface area contributed by atoms with E-state index in [4.69, 9.17) is 23.1 Å². The van der Waals surface area contributed by atoms with Crippen molar-refractivity contribution in [2.75, 3.05) is 32.1 Å². The molecule has 1 aliphatic carbocycles. The average Bonchev–Trinajstić information content (AvgIpc) is 2.67. The normalized spacial score (nSPS) is 24.6. The van der Waals surface area contributed by atoms with Crippen LogP contribution < -0.4 is 11.5 Å². The number of rotatable bonds is 5. The molecule has 4 N–H and O–H groups in total. The zero-order valence-corrected chi connectivity index (χ0v) is 17.1. The molecule has 2 heterocycles. The highest BCUT2D eigenvalue weighted by atomic mass is 35.5. The van der Waals surface area contributed by atoms with Gasteiger partial charge >= 0.3 is 0 Å². The number of halogens is 1. The molecule has 0 aromatic rings. The number of hydrogen-bond donors (Lipinski definition) is 2. The van der Waals surface area contributed by atoms with E-state index in [1.807, 2.05) is 5.41 Å². The van der Waals surface area contributed by atoms with Gasteiger partial charge in [0, 0.05) is 54.5 Å². The Morgan fingerprint density at radius 3 is 2.52 bits per heavy atom. The van der Waals surface area contributed by atoms with Crippen molar-refractivity contribution in [2.45, 2.75) is 44.6 Å². The maximum Gasteiger partial charge on any atom is 0.0966 e. The molecule has 3 rings (SSSR count). The Hall–Kier alpha value is -0.270. The molecule has 1 saturated heterocycles. The van der Waals surface area contributed by atoms with Crippen LogP contribution in [0.1, 0.15) is 38.5 Å². The third-order valence-corrected chi connectivity index (χ3v) is 7.56. The fraction of sp³-hybridized carbons (Fsp3) is 0.667. The summed E-state index contributed by atoms with van der Waals surface area (Å²) in [7, 11) is 0. The van der Waals surface area contributed by atoms with E-state index in [-0.39, 0.29) is 0 Å². The molecule has 140 valence electrons. The number of thioether (sulfide) groups is 2. The lowest BCUT2D eigenvalue weighted by atomic mass is 9.94. The maximum atomic E-state index is 6.52. The topological polar surface area (TPSA) is 58.5 Å². The van der Waals surface area contributed by atoms with Gasteiger partial charge in [0.05, 0.1) is 10.7 Å². The summed E-state index contributed by atoms with van der Waals surface area (Å²) in [6.45, 7) is 4.33. The van der Waals surface area contributed by atoms with Crippen molar-refractivity contribution in [3.05, 3.63) is 32.1 Å². The van der Waals surface area contributed by atoms with Crippen LogP contribution in [0.5, 0.6) is 0 Å². The van der Waals surface area contributed by atoms with Crippen molar-refractivity contribution in [1.29, 1.82) is 0 Å². The minimum atomic E-state index is 0.549. The van der Waals surface area contributed by atoms with E-state index >= 15 is 0 Å². The Morgan fingerprint density at radius 2 is 1.92 bits per heavy atom. The Morgan fingerprint density at radius 1 is 1.20 bits per heavy atom. The number of piperazine rings is 1. The van der Waals surface area contributed by atoms with Crippen LogP contribution in [-0.2, 0) is 0 Å². The van der Waals surface area contributed by atoms with Gasteiger partial charge in [-0.3, -0.25) is 4.90 Å². The first kappa shape index (κ1) is 19.5. The molecule has 7 heteroatoms. The molecule has 1 saturated carbocycles. The van der Waals surface area contributed by atoms with Crippen LogP contribution in [0.4, 0.5) is 0 Å². The summed E-state index contributed by atoms with van der Waals surface area (Å²) < 4.78 is 0. The van der Waals surface area contributed by atoms with Crippen LogP contribution in [0.3, 0.4) is 0 Å². The average molecular weight is 401 g/mol. The van der Waals surface area contributed by atoms with Crippen LogP contribution >= 0.6 is 35.1 Å². The minimum absolute atomic E-state index is 0.549. The molecular formula is C18H29ClN4S2. The summed E-state index contributed by atoms with van der Waals surface area (Å²) >= 11 is 9.33. The van der Waals surface area contributed by atoms with E-state index < -0.39 is 0 Å². The lowest BCUT2D eigenvalue weighted by Crippen LogP contribution is -2.50. The van der Waals surface area contributed by atoms with E-state index in [1.165, 1.54) is 32.1 Å². The maximum absolute atomic E-state index is 6.52. The van der Waals surface area contributed by atoms with E-state index in [1.54, 1.807) is 23.5 Å². The lowest BCUT2D eigenvalue weighted by molar-refractivity contribution is 0.0977. The monoisotopic (exact) mass is 400 g/mol. The fourth-order valence-corrected chi connectivity index (χ4v) is 5.67. The summed E-state index contributed by atoms with van der Waals surface area (Å²) in [5.41, 5.74) is 13.2. The molecule has 0 spiro atoms. The number of allylic oxidation sites excluding steroid dienone is 2. The van der Waals surface area contributed by atoms with Crippen molar-refractivity contribution >= 4 is 35.1 Å². The van der Waals surface area contributed by atoms with E-state index in [9.17, 15) is 0 Å². The zero-order valence-electron chi connectivity index (χ0n) is 14.8. The van der Waals surface area contributed by atoms with Crippen LogP contribution in [0, 0.1) is 0 Å². The first-order chi connectivity index (χ1) is 12.2. The molecule has 3 aliphatic rings. The van der Waals surface area contributed by atoms with Gasteiger partial charge in [-0.05, 0) is 18.2 Å². The molecule has 25 heavy (non-hydrogen) atoms. The quantitative estimate of drug-likeness (QED) is 0.684. The predicted molar refractivity (Wildman–Crippen MR) is 112 cm³/mol. The zero-order chi connectivity index (χ0) is 17.6. The molecule has 0 bridgehead atoms. The van der Waals surface area contributed by atoms with Gasteiger partial charge in [0.2, 0.25) is 0 Å². The molecule has 0 aromatic carbocycles. The molecule has 0 amide bonds. The molecule has 0 radical (unpaired) electrons. The van der Waals surface area contributed by atoms with Gasteiger partial charge < -0.3 is 16.4 Å². The number of nitrogens with zero attached hydrogens (tertiary/aromatic N) is 2. The second kappa shape index (κ2) is 9.60. The van der Waals surface area contributed by atoms with Gasteiger partial charge in [0.1, 0.15) is 0 Å². The highest BCUT2D eigenvalue weighted by molar-refractivity contribution is 8.06. The third kappa shape index (κ3) is 5.13. The fourth-order valence-electron chi connectivity index (χ4n) is 3.85. The second-order valence-corrected chi connectivity index (χ2v) is 9.21. The van der Waals surface area contributed by atoms with Crippen LogP contribution in [0.15, 0.2) is 32.1 Å². The predicted octanol–water partition coefficient (Wildman–Crippen LogP) is 3.81. The smallest absolute Gasteiger partial charge is 0.0966 e. The SMILES string of the molecule is NCS/C(=C(\N)C1=CCC(Cl)=CS1)N1CCN(C2CCCCC2)CC1. The van der Waals surface area contributed by atoms with Gasteiger partial charge in [-0.15, -0.1) is 0 Å². The summed E-state index contributed by atoms with van der Waals surface area (Å²) in [6.07, 6.45) is 9.84. The Kier molecular flexibility index (Phi) is 7.49. The Balaban J connectivity index is 1.64. The van der Waals surface area contributed by atoms with Crippen molar-refractivity contribution < 1.29 is 0 Å². The summed E-state index contributed by atoms with van der Waals surface area (Å²) in [5.74, 6) is 0.549. The lowest BCUT2D eigenvalue weighted by Gasteiger charge is -2.42. The van der Waals surface area contributed by atoms with Gasteiger partial charge in [-0.25, -0.2) is 0 Å². The van der Waals surface area contributed by atoms with Gasteiger partial charge in [-0.2, -0.15) is 0 Å². The number of nitrogens with two attached hydrogens (primary N) is 2. The standard InChI is InChI=1S/C18H29ClN4S2/c19-14-6-7-16(24-12-14)17(21)18(25-13-20)23-10-8-22(9-11-23)15-4-2-1-3-5-15/h7,12,15H,1-6,8-11,13,20-21H2/b18-17-. The summed E-state index contributed by atoms with van der Waals surface area (Å²) in [5, 5.41) is 3.99. The third-order valence-electron chi connectivity index (χ3n) is 5.20. The Bertz CT molecular complexity index is 547. The first-order valence-electron chi connectivity index (χ1n) is 9.22. The van der Waals surface area contributed by atoms with Crippen LogP contribution in [0.2, 0.25) is 0 Å². The van der Waals surface area contributed by atoms with Crippen LogP contribution in [-0.4, -0.2) is 47.9 Å². The van der Waals surface area contributed by atoms with Gasteiger partial charge in [-0.1, -0.05) is 60.5 Å². The highest BCUT2D eigenvalue weighted by Crippen LogP contribution is 2.36. The first-order valence-corrected chi connectivity index (χ1v) is 11.5.